The minimum atomic E-state index is -1.51. The molecule has 1 aromatic carbocycles. The molecular formula is C13H17NO5S. The predicted octanol–water partition coefficient (Wildman–Crippen LogP) is 1.10. The Kier molecular flexibility index (Phi) is 6.17. The Hall–Kier alpha value is -1.89. The molecule has 0 aliphatic carbocycles. The second-order valence-electron chi connectivity index (χ2n) is 4.27. The summed E-state index contributed by atoms with van der Waals surface area (Å²) in [5, 5.41) is 11.3. The highest BCUT2D eigenvalue weighted by molar-refractivity contribution is 7.85. The molecule has 0 spiro atoms. The summed E-state index contributed by atoms with van der Waals surface area (Å²) in [7, 11) is 0.0114. The quantitative estimate of drug-likeness (QED) is 0.786. The van der Waals surface area contributed by atoms with Gasteiger partial charge >= 0.3 is 5.97 Å². The van der Waals surface area contributed by atoms with Crippen LogP contribution in [0.3, 0.4) is 0 Å². The molecule has 1 amide bonds. The number of carbonyl (C=O) groups excluding carboxylic acids is 1. The molecule has 0 aliphatic rings. The van der Waals surface area contributed by atoms with Crippen molar-refractivity contribution >= 4 is 28.4 Å². The number of carboxylic acid groups (broad SMARTS) is 1. The number of rotatable bonds is 7. The molecule has 6 nitrogen and oxygen atoms in total. The van der Waals surface area contributed by atoms with E-state index in [-0.39, 0.29) is 11.5 Å². The van der Waals surface area contributed by atoms with Gasteiger partial charge in [-0.25, -0.2) is 0 Å². The standard InChI is InChI=1S/C13H17NO5S/c1-9(13(16)17)7-20(18)8-12(15)14-10-4-3-5-11(6-10)19-2/h3-6,9H,7-8H2,1-2H3,(H,14,15)(H,16,17). The van der Waals surface area contributed by atoms with Crippen molar-refractivity contribution in [2.45, 2.75) is 6.92 Å². The van der Waals surface area contributed by atoms with E-state index in [1.807, 2.05) is 0 Å². The fourth-order valence-electron chi connectivity index (χ4n) is 1.45. The second kappa shape index (κ2) is 7.64. The van der Waals surface area contributed by atoms with Crippen LogP contribution in [0.2, 0.25) is 0 Å². The van der Waals surface area contributed by atoms with E-state index < -0.39 is 28.6 Å². The number of amides is 1. The predicted molar refractivity (Wildman–Crippen MR) is 76.3 cm³/mol. The van der Waals surface area contributed by atoms with Crippen LogP contribution in [0.5, 0.6) is 5.75 Å². The Morgan fingerprint density at radius 1 is 1.45 bits per heavy atom. The molecule has 0 aliphatic heterocycles. The van der Waals surface area contributed by atoms with Gasteiger partial charge in [0.2, 0.25) is 5.91 Å². The smallest absolute Gasteiger partial charge is 0.307 e. The Labute approximate surface area is 119 Å². The highest BCUT2D eigenvalue weighted by Crippen LogP contribution is 2.16. The number of anilines is 1. The van der Waals surface area contributed by atoms with Crippen molar-refractivity contribution in [1.82, 2.24) is 0 Å². The summed E-state index contributed by atoms with van der Waals surface area (Å²) in [6.45, 7) is 1.46. The van der Waals surface area contributed by atoms with Crippen LogP contribution >= 0.6 is 0 Å². The molecule has 1 rings (SSSR count). The van der Waals surface area contributed by atoms with E-state index in [1.54, 1.807) is 24.3 Å². The molecule has 110 valence electrons. The number of hydrogen-bond donors (Lipinski definition) is 2. The van der Waals surface area contributed by atoms with E-state index in [0.29, 0.717) is 11.4 Å². The number of carboxylic acids is 1. The first-order chi connectivity index (χ1) is 9.42. The van der Waals surface area contributed by atoms with E-state index in [9.17, 15) is 13.8 Å². The van der Waals surface area contributed by atoms with Crippen molar-refractivity contribution in [2.24, 2.45) is 5.92 Å². The van der Waals surface area contributed by atoms with Crippen LogP contribution in [0.4, 0.5) is 5.69 Å². The molecule has 20 heavy (non-hydrogen) atoms. The first-order valence-corrected chi connectivity index (χ1v) is 7.43. The monoisotopic (exact) mass is 299 g/mol. The Balaban J connectivity index is 2.50. The molecule has 2 unspecified atom stereocenters. The van der Waals surface area contributed by atoms with Gasteiger partial charge in [0.1, 0.15) is 11.5 Å². The van der Waals surface area contributed by atoms with E-state index in [4.69, 9.17) is 9.84 Å². The van der Waals surface area contributed by atoms with E-state index in [0.717, 1.165) is 0 Å². The Bertz CT molecular complexity index is 517. The summed E-state index contributed by atoms with van der Waals surface area (Å²) in [6, 6.07) is 6.78. The zero-order chi connectivity index (χ0) is 15.1. The van der Waals surface area contributed by atoms with Crippen LogP contribution in [0, 0.1) is 5.92 Å². The molecule has 2 atom stereocenters. The van der Waals surface area contributed by atoms with Gasteiger partial charge in [-0.05, 0) is 12.1 Å². The maximum absolute atomic E-state index is 11.7. The molecular weight excluding hydrogens is 282 g/mol. The van der Waals surface area contributed by atoms with Crippen LogP contribution < -0.4 is 10.1 Å². The lowest BCUT2D eigenvalue weighted by Gasteiger charge is -2.08. The summed E-state index contributed by atoms with van der Waals surface area (Å²) in [5.41, 5.74) is 0.539. The van der Waals surface area contributed by atoms with Gasteiger partial charge < -0.3 is 15.2 Å². The first kappa shape index (κ1) is 16.2. The summed E-state index contributed by atoms with van der Waals surface area (Å²) >= 11 is 0. The van der Waals surface area contributed by atoms with Crippen molar-refractivity contribution in [2.75, 3.05) is 23.9 Å². The van der Waals surface area contributed by atoms with Crippen LogP contribution in [-0.2, 0) is 20.4 Å². The number of carbonyl (C=O) groups is 2. The zero-order valence-corrected chi connectivity index (χ0v) is 12.1. The first-order valence-electron chi connectivity index (χ1n) is 5.94. The molecule has 2 N–H and O–H groups in total. The summed E-state index contributed by atoms with van der Waals surface area (Å²) < 4.78 is 16.7. The molecule has 0 saturated carbocycles. The lowest BCUT2D eigenvalue weighted by molar-refractivity contribution is -0.140. The van der Waals surface area contributed by atoms with Gasteiger partial charge in [0.25, 0.3) is 0 Å². The van der Waals surface area contributed by atoms with Crippen molar-refractivity contribution < 1.29 is 23.6 Å². The lowest BCUT2D eigenvalue weighted by Crippen LogP contribution is -2.25. The molecule has 0 bridgehead atoms. The van der Waals surface area contributed by atoms with Crippen molar-refractivity contribution in [3.05, 3.63) is 24.3 Å². The van der Waals surface area contributed by atoms with E-state index in [2.05, 4.69) is 5.32 Å². The van der Waals surface area contributed by atoms with Gasteiger partial charge in [0.15, 0.2) is 0 Å². The Morgan fingerprint density at radius 3 is 2.75 bits per heavy atom. The molecule has 0 heterocycles. The molecule has 0 fully saturated rings. The molecule has 0 saturated heterocycles. The van der Waals surface area contributed by atoms with E-state index >= 15 is 0 Å². The highest BCUT2D eigenvalue weighted by atomic mass is 32.2. The maximum atomic E-state index is 11.7. The average Bonchev–Trinajstić information content (AvgIpc) is 2.38. The van der Waals surface area contributed by atoms with Crippen molar-refractivity contribution in [3.8, 4) is 5.75 Å². The molecule has 7 heteroatoms. The Morgan fingerprint density at radius 2 is 2.15 bits per heavy atom. The third kappa shape index (κ3) is 5.40. The molecule has 0 aromatic heterocycles. The summed E-state index contributed by atoms with van der Waals surface area (Å²) in [5.74, 6) is -1.85. The van der Waals surface area contributed by atoms with Gasteiger partial charge in [0, 0.05) is 28.3 Å². The fourth-order valence-corrected chi connectivity index (χ4v) is 2.64. The third-order valence-electron chi connectivity index (χ3n) is 2.50. The van der Waals surface area contributed by atoms with E-state index in [1.165, 1.54) is 14.0 Å². The van der Waals surface area contributed by atoms with Gasteiger partial charge in [-0.15, -0.1) is 0 Å². The summed E-state index contributed by atoms with van der Waals surface area (Å²) in [4.78, 5) is 22.3. The number of ether oxygens (including phenoxy) is 1. The number of aliphatic carboxylic acids is 1. The molecule has 1 aromatic rings. The van der Waals surface area contributed by atoms with Crippen LogP contribution in [0.15, 0.2) is 24.3 Å². The minimum Gasteiger partial charge on any atom is -0.497 e. The normalized spacial score (nSPS) is 13.3. The number of hydrogen-bond acceptors (Lipinski definition) is 4. The number of methoxy groups -OCH3 is 1. The van der Waals surface area contributed by atoms with Gasteiger partial charge in [0.05, 0.1) is 13.0 Å². The topological polar surface area (TPSA) is 92.7 Å². The third-order valence-corrected chi connectivity index (χ3v) is 3.96. The highest BCUT2D eigenvalue weighted by Gasteiger charge is 2.17. The maximum Gasteiger partial charge on any atom is 0.307 e. The van der Waals surface area contributed by atoms with Crippen molar-refractivity contribution in [3.63, 3.8) is 0 Å². The summed E-state index contributed by atoms with van der Waals surface area (Å²) in [6.07, 6.45) is 0. The zero-order valence-electron chi connectivity index (χ0n) is 11.3. The van der Waals surface area contributed by atoms with Crippen LogP contribution in [-0.4, -0.2) is 39.8 Å². The van der Waals surface area contributed by atoms with Crippen LogP contribution in [0.1, 0.15) is 6.92 Å². The van der Waals surface area contributed by atoms with Gasteiger partial charge in [-0.3, -0.25) is 13.8 Å². The van der Waals surface area contributed by atoms with Gasteiger partial charge in [-0.1, -0.05) is 13.0 Å². The van der Waals surface area contributed by atoms with Gasteiger partial charge in [-0.2, -0.15) is 0 Å². The minimum absolute atomic E-state index is 0.0408. The fraction of sp³-hybridized carbons (Fsp3) is 0.385. The second-order valence-corrected chi connectivity index (χ2v) is 5.77. The average molecular weight is 299 g/mol. The lowest BCUT2D eigenvalue weighted by atomic mass is 10.2. The number of benzene rings is 1. The largest absolute Gasteiger partial charge is 0.497 e. The van der Waals surface area contributed by atoms with Crippen LogP contribution in [0.25, 0.3) is 0 Å². The molecule has 0 radical (unpaired) electrons. The SMILES string of the molecule is COc1cccc(NC(=O)CS(=O)CC(C)C(=O)O)c1. The van der Waals surface area contributed by atoms with Crippen molar-refractivity contribution in [1.29, 1.82) is 0 Å². The number of nitrogens with one attached hydrogen (secondary N) is 1.